The number of nitrogens with two attached hydrogens (primary N) is 1. The SMILES string of the molecule is Nc1ccc(COC2CCCCC2)c2ncccc12. The van der Waals surface area contributed by atoms with Crippen LogP contribution in [0, 0.1) is 0 Å². The van der Waals surface area contributed by atoms with Crippen LogP contribution in [-0.4, -0.2) is 11.1 Å². The number of hydrogen-bond donors (Lipinski definition) is 1. The Labute approximate surface area is 113 Å². The van der Waals surface area contributed by atoms with E-state index in [0.29, 0.717) is 12.7 Å². The van der Waals surface area contributed by atoms with Crippen LogP contribution in [0.5, 0.6) is 0 Å². The smallest absolute Gasteiger partial charge is 0.0777 e. The highest BCUT2D eigenvalue weighted by Gasteiger charge is 2.14. The van der Waals surface area contributed by atoms with Crippen LogP contribution in [-0.2, 0) is 11.3 Å². The molecule has 3 rings (SSSR count). The van der Waals surface area contributed by atoms with Crippen molar-refractivity contribution in [3.8, 4) is 0 Å². The Balaban J connectivity index is 1.79. The van der Waals surface area contributed by atoms with E-state index in [1.165, 1.54) is 32.1 Å². The first kappa shape index (κ1) is 12.4. The molecule has 0 spiro atoms. The first-order chi connectivity index (χ1) is 9.34. The second-order valence-electron chi connectivity index (χ2n) is 5.28. The minimum absolute atomic E-state index is 0.421. The zero-order chi connectivity index (χ0) is 13.1. The second-order valence-corrected chi connectivity index (χ2v) is 5.28. The number of rotatable bonds is 3. The number of nitrogens with zero attached hydrogens (tertiary/aromatic N) is 1. The summed E-state index contributed by atoms with van der Waals surface area (Å²) in [5.74, 6) is 0. The predicted octanol–water partition coefficient (Wildman–Crippen LogP) is 3.67. The third kappa shape index (κ3) is 2.71. The molecule has 0 atom stereocenters. The zero-order valence-electron chi connectivity index (χ0n) is 11.1. The van der Waals surface area contributed by atoms with Gasteiger partial charge in [-0.25, -0.2) is 0 Å². The van der Waals surface area contributed by atoms with E-state index in [4.69, 9.17) is 10.5 Å². The van der Waals surface area contributed by atoms with E-state index in [1.807, 2.05) is 30.5 Å². The molecule has 1 heterocycles. The van der Waals surface area contributed by atoms with Crippen molar-refractivity contribution < 1.29 is 4.74 Å². The standard InChI is InChI=1S/C16H20N2O/c17-15-9-8-12(16-14(15)7-4-10-18-16)11-19-13-5-2-1-3-6-13/h4,7-10,13H,1-3,5-6,11,17H2. The first-order valence-corrected chi connectivity index (χ1v) is 7.08. The maximum absolute atomic E-state index is 6.04. The molecule has 0 amide bonds. The number of anilines is 1. The van der Waals surface area contributed by atoms with E-state index < -0.39 is 0 Å². The van der Waals surface area contributed by atoms with Crippen molar-refractivity contribution in [2.75, 3.05) is 5.73 Å². The molecule has 0 bridgehead atoms. The molecule has 1 fully saturated rings. The summed E-state index contributed by atoms with van der Waals surface area (Å²) in [5, 5.41) is 1.02. The lowest BCUT2D eigenvalue weighted by molar-refractivity contribution is 0.0173. The molecular weight excluding hydrogens is 236 g/mol. The van der Waals surface area contributed by atoms with Gasteiger partial charge in [0.25, 0.3) is 0 Å². The van der Waals surface area contributed by atoms with Gasteiger partial charge in [0.15, 0.2) is 0 Å². The molecule has 1 aromatic carbocycles. The number of benzene rings is 1. The Morgan fingerprint density at radius 3 is 2.84 bits per heavy atom. The first-order valence-electron chi connectivity index (χ1n) is 7.08. The summed E-state index contributed by atoms with van der Waals surface area (Å²) in [6.45, 7) is 0.637. The molecule has 3 nitrogen and oxygen atoms in total. The molecule has 0 saturated heterocycles. The summed E-state index contributed by atoms with van der Waals surface area (Å²) in [6.07, 6.45) is 8.57. The Morgan fingerprint density at radius 2 is 2.00 bits per heavy atom. The van der Waals surface area contributed by atoms with Crippen molar-refractivity contribution in [3.63, 3.8) is 0 Å². The molecule has 0 radical (unpaired) electrons. The molecule has 3 heteroatoms. The third-order valence-corrected chi connectivity index (χ3v) is 3.91. The van der Waals surface area contributed by atoms with Crippen molar-refractivity contribution in [2.45, 2.75) is 44.8 Å². The van der Waals surface area contributed by atoms with Crippen molar-refractivity contribution in [1.82, 2.24) is 4.98 Å². The van der Waals surface area contributed by atoms with E-state index in [1.54, 1.807) is 0 Å². The van der Waals surface area contributed by atoms with Crippen LogP contribution in [0.25, 0.3) is 10.9 Å². The van der Waals surface area contributed by atoms with Crippen molar-refractivity contribution in [1.29, 1.82) is 0 Å². The monoisotopic (exact) mass is 256 g/mol. The van der Waals surface area contributed by atoms with Crippen molar-refractivity contribution in [3.05, 3.63) is 36.0 Å². The summed E-state index contributed by atoms with van der Waals surface area (Å²) in [5.41, 5.74) is 8.87. The number of hydrogen-bond acceptors (Lipinski definition) is 3. The van der Waals surface area contributed by atoms with Crippen LogP contribution >= 0.6 is 0 Å². The summed E-state index contributed by atoms with van der Waals surface area (Å²) in [6, 6.07) is 7.92. The van der Waals surface area contributed by atoms with Gasteiger partial charge >= 0.3 is 0 Å². The summed E-state index contributed by atoms with van der Waals surface area (Å²) >= 11 is 0. The van der Waals surface area contributed by atoms with E-state index in [9.17, 15) is 0 Å². The Bertz CT molecular complexity index is 562. The largest absolute Gasteiger partial charge is 0.398 e. The van der Waals surface area contributed by atoms with Crippen LogP contribution in [0.3, 0.4) is 0 Å². The molecule has 1 aromatic heterocycles. The van der Waals surface area contributed by atoms with Gasteiger partial charge in [-0.15, -0.1) is 0 Å². The Morgan fingerprint density at radius 1 is 1.16 bits per heavy atom. The van der Waals surface area contributed by atoms with Crippen LogP contribution in [0.15, 0.2) is 30.5 Å². The lowest BCUT2D eigenvalue weighted by atomic mass is 9.98. The highest BCUT2D eigenvalue weighted by molar-refractivity contribution is 5.92. The number of aromatic nitrogens is 1. The molecule has 100 valence electrons. The maximum Gasteiger partial charge on any atom is 0.0777 e. The Kier molecular flexibility index (Phi) is 3.65. The molecule has 1 aliphatic rings. The fourth-order valence-electron chi connectivity index (χ4n) is 2.81. The van der Waals surface area contributed by atoms with Gasteiger partial charge in [0.1, 0.15) is 0 Å². The van der Waals surface area contributed by atoms with E-state index >= 15 is 0 Å². The lowest BCUT2D eigenvalue weighted by Crippen LogP contribution is -2.16. The number of fused-ring (bicyclic) bond motifs is 1. The molecule has 1 aliphatic carbocycles. The molecule has 0 aliphatic heterocycles. The fourth-order valence-corrected chi connectivity index (χ4v) is 2.81. The van der Waals surface area contributed by atoms with Gasteiger partial charge in [-0.05, 0) is 31.0 Å². The number of ether oxygens (including phenoxy) is 1. The highest BCUT2D eigenvalue weighted by Crippen LogP contribution is 2.25. The normalized spacial score (nSPS) is 16.8. The second kappa shape index (κ2) is 5.57. The average Bonchev–Trinajstić information content (AvgIpc) is 2.48. The van der Waals surface area contributed by atoms with Gasteiger partial charge in [-0.1, -0.05) is 25.3 Å². The van der Waals surface area contributed by atoms with Crippen LogP contribution < -0.4 is 5.73 Å². The molecule has 2 N–H and O–H groups in total. The van der Waals surface area contributed by atoms with Crippen molar-refractivity contribution >= 4 is 16.6 Å². The third-order valence-electron chi connectivity index (χ3n) is 3.91. The molecular formula is C16H20N2O. The van der Waals surface area contributed by atoms with Gasteiger partial charge in [-0.3, -0.25) is 4.98 Å². The summed E-state index contributed by atoms with van der Waals surface area (Å²) in [4.78, 5) is 4.45. The lowest BCUT2D eigenvalue weighted by Gasteiger charge is -2.22. The fraction of sp³-hybridized carbons (Fsp3) is 0.438. The van der Waals surface area contributed by atoms with Gasteiger partial charge in [-0.2, -0.15) is 0 Å². The van der Waals surface area contributed by atoms with Gasteiger partial charge in [0.05, 0.1) is 18.2 Å². The minimum atomic E-state index is 0.421. The summed E-state index contributed by atoms with van der Waals surface area (Å²) in [7, 11) is 0. The quantitative estimate of drug-likeness (QED) is 0.852. The maximum atomic E-state index is 6.04. The topological polar surface area (TPSA) is 48.1 Å². The van der Waals surface area contributed by atoms with Crippen LogP contribution in [0.2, 0.25) is 0 Å². The highest BCUT2D eigenvalue weighted by atomic mass is 16.5. The van der Waals surface area contributed by atoms with Crippen LogP contribution in [0.1, 0.15) is 37.7 Å². The average molecular weight is 256 g/mol. The van der Waals surface area contributed by atoms with E-state index in [0.717, 1.165) is 22.2 Å². The molecule has 19 heavy (non-hydrogen) atoms. The zero-order valence-corrected chi connectivity index (χ0v) is 11.1. The predicted molar refractivity (Wildman–Crippen MR) is 77.8 cm³/mol. The Hall–Kier alpha value is -1.61. The number of nitrogen functional groups attached to an aromatic ring is 1. The number of pyridine rings is 1. The van der Waals surface area contributed by atoms with Crippen molar-refractivity contribution in [2.24, 2.45) is 0 Å². The van der Waals surface area contributed by atoms with E-state index in [2.05, 4.69) is 4.98 Å². The van der Waals surface area contributed by atoms with Crippen LogP contribution in [0.4, 0.5) is 5.69 Å². The van der Waals surface area contributed by atoms with Gasteiger partial charge in [0, 0.05) is 22.8 Å². The molecule has 2 aromatic rings. The molecule has 0 unspecified atom stereocenters. The summed E-state index contributed by atoms with van der Waals surface area (Å²) < 4.78 is 6.04. The van der Waals surface area contributed by atoms with Gasteiger partial charge < -0.3 is 10.5 Å². The molecule has 1 saturated carbocycles. The van der Waals surface area contributed by atoms with Gasteiger partial charge in [0.2, 0.25) is 0 Å². The van der Waals surface area contributed by atoms with E-state index in [-0.39, 0.29) is 0 Å². The minimum Gasteiger partial charge on any atom is -0.398 e.